The number of hydrogen-bond acceptors (Lipinski definition) is 17. The van der Waals surface area contributed by atoms with Crippen molar-refractivity contribution < 1.29 is 153 Å². The molecule has 11 rings (SSSR count). The summed E-state index contributed by atoms with van der Waals surface area (Å²) in [4.78, 5) is 46.8. The second kappa shape index (κ2) is 39.7. The summed E-state index contributed by atoms with van der Waals surface area (Å²) < 4.78 is 27.2. The maximum Gasteiger partial charge on any atom is 1.00 e. The Labute approximate surface area is 593 Å². The maximum absolute atomic E-state index is 9.13. The van der Waals surface area contributed by atoms with Crippen LogP contribution in [0.25, 0.3) is 32.7 Å². The number of aromatic nitrogens is 9. The van der Waals surface area contributed by atoms with E-state index < -0.39 is 0 Å². The van der Waals surface area contributed by atoms with Crippen molar-refractivity contribution >= 4 is 74.0 Å². The minimum atomic E-state index is -0.181. The van der Waals surface area contributed by atoms with E-state index in [1.54, 1.807) is 87.3 Å². The van der Waals surface area contributed by atoms with Crippen LogP contribution in [0.15, 0.2) is 158 Å². The van der Waals surface area contributed by atoms with E-state index in [0.29, 0.717) is 45.7 Å². The van der Waals surface area contributed by atoms with Gasteiger partial charge in [-0.2, -0.15) is 9.97 Å². The van der Waals surface area contributed by atoms with Crippen LogP contribution in [0.4, 0.5) is 0 Å². The number of aromatic amines is 3. The maximum atomic E-state index is 9.13. The molecule has 0 bridgehead atoms. The predicted octanol–water partition coefficient (Wildman–Crippen LogP) is 7.84. The summed E-state index contributed by atoms with van der Waals surface area (Å²) in [5.74, 6) is 4.77. The molecule has 0 spiro atoms. The molecular formula is C60H63Cl3K2N10O10. The van der Waals surface area contributed by atoms with E-state index in [1.165, 1.54) is 25.8 Å². The molecule has 0 aliphatic heterocycles. The number of carbonyl (C=O) groups excluding carboxylic acids is 1. The Morgan fingerprint density at radius 2 is 0.941 bits per heavy atom. The van der Waals surface area contributed by atoms with Crippen molar-refractivity contribution in [1.29, 1.82) is 0 Å². The van der Waals surface area contributed by atoms with E-state index in [4.69, 9.17) is 78.8 Å². The Hall–Kier alpha value is -5.91. The van der Waals surface area contributed by atoms with Gasteiger partial charge in [0.05, 0.1) is 14.2 Å². The molecule has 25 heteroatoms. The Bertz CT molecular complexity index is 3730. The Morgan fingerprint density at radius 1 is 0.518 bits per heavy atom. The minimum Gasteiger partial charge on any atom is -1.00 e. The number of fused-ring (bicyclic) bond motifs is 3. The number of rotatable bonds is 12. The molecule has 0 amide bonds. The molecule has 436 valence electrons. The molecule has 0 fully saturated rings. The third kappa shape index (κ3) is 26.7. The third-order valence-corrected chi connectivity index (χ3v) is 11.7. The van der Waals surface area contributed by atoms with Crippen molar-refractivity contribution in [3.63, 3.8) is 0 Å². The first kappa shape index (κ1) is 73.3. The summed E-state index contributed by atoms with van der Waals surface area (Å²) >= 11 is 16.4. The number of hydrogen-bond donors (Lipinski definition) is 5. The first-order valence-electron chi connectivity index (χ1n) is 25.4. The molecule has 0 atom stereocenters. The van der Waals surface area contributed by atoms with Crippen LogP contribution in [0, 0.1) is 20.8 Å². The number of phenols is 2. The molecule has 6 heterocycles. The molecular weight excluding hydrogens is 1210 g/mol. The van der Waals surface area contributed by atoms with Gasteiger partial charge >= 0.3 is 109 Å². The number of phenolic OH excluding ortho intramolecular Hbond substituents is 2. The van der Waals surface area contributed by atoms with Gasteiger partial charge in [-0.25, -0.2) is 19.9 Å². The zero-order chi connectivity index (χ0) is 60.1. The van der Waals surface area contributed by atoms with Crippen LogP contribution in [0.5, 0.6) is 58.0 Å². The van der Waals surface area contributed by atoms with Gasteiger partial charge in [0.2, 0.25) is 22.3 Å². The van der Waals surface area contributed by atoms with Crippen molar-refractivity contribution in [2.75, 3.05) is 33.9 Å². The molecule has 0 aliphatic carbocycles. The smallest absolute Gasteiger partial charge is 1.00 e. The fourth-order valence-corrected chi connectivity index (χ4v) is 7.79. The van der Waals surface area contributed by atoms with Crippen molar-refractivity contribution in [3.8, 4) is 58.0 Å². The molecule has 20 nitrogen and oxygen atoms in total. The minimum absolute atomic E-state index is 0. The Kier molecular flexibility index (Phi) is 34.3. The van der Waals surface area contributed by atoms with E-state index in [0.717, 1.165) is 55.5 Å². The van der Waals surface area contributed by atoms with E-state index in [-0.39, 0.29) is 133 Å². The summed E-state index contributed by atoms with van der Waals surface area (Å²) in [6.45, 7) is 16.0. The fourth-order valence-electron chi connectivity index (χ4n) is 7.32. The van der Waals surface area contributed by atoms with Crippen LogP contribution in [-0.4, -0.2) is 100 Å². The topological polar surface area (TPSA) is 264 Å². The van der Waals surface area contributed by atoms with Gasteiger partial charge in [0.15, 0.2) is 0 Å². The number of nitrogens with zero attached hydrogens (tertiary/aromatic N) is 7. The summed E-state index contributed by atoms with van der Waals surface area (Å²) in [6, 6.07) is 42.1. The van der Waals surface area contributed by atoms with Crippen LogP contribution >= 0.6 is 34.8 Å². The van der Waals surface area contributed by atoms with Gasteiger partial charge in [-0.05, 0) is 167 Å². The van der Waals surface area contributed by atoms with Gasteiger partial charge in [-0.1, -0.05) is 44.5 Å². The number of benzene rings is 5. The number of ether oxygens (including phenoxy) is 5. The van der Waals surface area contributed by atoms with Crippen LogP contribution in [0.1, 0.15) is 39.3 Å². The first-order chi connectivity index (χ1) is 40.0. The average Bonchev–Trinajstić information content (AvgIpc) is 2.99. The van der Waals surface area contributed by atoms with Gasteiger partial charge in [0.1, 0.15) is 45.4 Å². The van der Waals surface area contributed by atoms with Gasteiger partial charge in [0.25, 0.3) is 6.47 Å². The molecule has 6 aromatic heterocycles. The predicted molar refractivity (Wildman–Crippen MR) is 321 cm³/mol. The number of aryl methyl sites for hydroxylation is 3. The van der Waals surface area contributed by atoms with E-state index in [9.17, 15) is 0 Å². The van der Waals surface area contributed by atoms with Crippen molar-refractivity contribution in [3.05, 3.63) is 191 Å². The number of carbonyl (C=O) groups is 1. The number of H-pyrrole nitrogens is 3. The van der Waals surface area contributed by atoms with Crippen molar-refractivity contribution in [2.45, 2.75) is 41.5 Å². The van der Waals surface area contributed by atoms with Gasteiger partial charge < -0.3 is 65.3 Å². The van der Waals surface area contributed by atoms with Crippen LogP contribution < -0.4 is 132 Å². The quantitative estimate of drug-likeness (QED) is 0.0195. The summed E-state index contributed by atoms with van der Waals surface area (Å²) in [5.41, 5.74) is 6.56. The summed E-state index contributed by atoms with van der Waals surface area (Å²) in [7, 11) is 3.17. The zero-order valence-corrected chi connectivity index (χ0v) is 57.1. The van der Waals surface area contributed by atoms with Gasteiger partial charge in [0, 0.05) is 92.6 Å². The van der Waals surface area contributed by atoms with Crippen LogP contribution in [-0.2, 0) is 9.68 Å². The fraction of sp³-hybridized carbons (Fsp3) is 0.183. The Morgan fingerprint density at radius 3 is 1.38 bits per heavy atom. The second-order valence-electron chi connectivity index (χ2n) is 17.1. The second-order valence-corrected chi connectivity index (χ2v) is 18.2. The molecule has 0 aliphatic rings. The summed E-state index contributed by atoms with van der Waals surface area (Å²) in [5, 5.41) is 30.4. The normalized spacial score (nSPS) is 9.85. The average molecular weight is 1270 g/mol. The SMILES string of the molecule is CCN(CC)CC.COc1cccc(O)c1.COc1cccc(Oc2nccc(Oc3ccc4[nH]c(C)cc4c3)n2)c1.Cc1cc2cc(O)ccc2[nH]1.Cc1cc2cc(Oc3ccnc(Cl)n3)ccc2[nH]1.Clc1ccnc(Cl)n1.O=CO[O-].[H-].[K+].[K+]. The molecule has 0 saturated carbocycles. The molecule has 11 aromatic rings. The molecule has 0 saturated heterocycles. The molecule has 85 heavy (non-hydrogen) atoms. The largest absolute Gasteiger partial charge is 1.00 e. The van der Waals surface area contributed by atoms with Crippen molar-refractivity contribution in [2.24, 2.45) is 0 Å². The van der Waals surface area contributed by atoms with Gasteiger partial charge in [-0.3, -0.25) is 4.79 Å². The number of halogens is 3. The number of nitrogens with one attached hydrogen (secondary N) is 3. The van der Waals surface area contributed by atoms with E-state index in [1.807, 2.05) is 87.5 Å². The van der Waals surface area contributed by atoms with E-state index in [2.05, 4.69) is 87.5 Å². The van der Waals surface area contributed by atoms with Crippen molar-refractivity contribution in [1.82, 2.24) is 49.8 Å². The Balaban J connectivity index is 0.000000368. The molecule has 0 radical (unpaired) electrons. The number of aromatic hydroxyl groups is 2. The summed E-state index contributed by atoms with van der Waals surface area (Å²) in [6.07, 6.45) is 4.65. The van der Waals surface area contributed by atoms with Gasteiger partial charge in [-0.15, -0.1) is 0 Å². The van der Waals surface area contributed by atoms with E-state index >= 15 is 0 Å². The monoisotopic (exact) mass is 1270 g/mol. The first-order valence-corrected chi connectivity index (χ1v) is 26.5. The number of methoxy groups -OCH3 is 2. The van der Waals surface area contributed by atoms with Crippen LogP contribution in [0.3, 0.4) is 0 Å². The molecule has 0 unspecified atom stereocenters. The van der Waals surface area contributed by atoms with Crippen LogP contribution in [0.2, 0.25) is 15.7 Å². The standard InChI is InChI=1S/C20H17N3O3.C13H10ClN3O.C9H9NO.C7H8O2.C6H15N.C4H2Cl2N2.CH2O3.2K.H/c1-13-10-14-11-17(6-7-18(14)22-13)25-19-8-9-21-20(23-19)26-16-5-3-4-15(12-16)24-2;1-8-6-9-7-10(2-3-11(9)16-8)18-12-4-5-15-13(14)17-12;1-6-4-7-5-8(11)2-3-9(7)10-6;1-9-7-4-2-3-6(8)5-7;1-4-7(5-2)6-3;5-3-1-2-7-4(6)8-3;2-1-4-3;;;/h3-12,22H,1-2H3;2-7,16H,1H3;2-5,10-11H,1H3;2-5,8H,1H3;4-6H2,1-3H3;1-2H;1,3H;;;/q;;;;;;;2*+1;-1/p-1. The molecule has 5 aromatic carbocycles. The molecule has 5 N–H and O–H groups in total. The third-order valence-electron chi connectivity index (χ3n) is 11.1. The zero-order valence-electron chi connectivity index (χ0n) is 49.6.